The van der Waals surface area contributed by atoms with E-state index in [1.165, 1.54) is 0 Å². The largest absolute Gasteiger partial charge is 0.357 e. The number of hydrogen-bond donors (Lipinski definition) is 2. The van der Waals surface area contributed by atoms with Crippen LogP contribution in [0.4, 0.5) is 17.8 Å². The third-order valence-electron chi connectivity index (χ3n) is 7.02. The van der Waals surface area contributed by atoms with Gasteiger partial charge in [0.1, 0.15) is 0 Å². The molecular weight excluding hydrogens is 487 g/mol. The molecule has 0 radical (unpaired) electrons. The topological polar surface area (TPSA) is 89.5 Å². The zero-order chi connectivity index (χ0) is 24.9. The Labute approximate surface area is 217 Å². The average Bonchev–Trinajstić information content (AvgIpc) is 2.87. The number of carbonyl (C=O) groups is 1. The van der Waals surface area contributed by atoms with E-state index in [1.54, 1.807) is 12.1 Å². The molecule has 2 aliphatic rings. The highest BCUT2D eigenvalue weighted by Gasteiger charge is 2.30. The number of rotatable bonds is 7. The summed E-state index contributed by atoms with van der Waals surface area (Å²) in [7, 11) is 6.00. The molecule has 1 aromatic heterocycles. The molecule has 35 heavy (non-hydrogen) atoms. The van der Waals surface area contributed by atoms with Crippen LogP contribution in [0, 0.1) is 5.92 Å². The van der Waals surface area contributed by atoms with Gasteiger partial charge in [0, 0.05) is 68.8 Å². The number of amides is 1. The molecule has 1 amide bonds. The van der Waals surface area contributed by atoms with Crippen molar-refractivity contribution in [3.8, 4) is 0 Å². The molecule has 9 nitrogen and oxygen atoms in total. The number of likely N-dealkylation sites (N-methyl/N-ethyl adjacent to an activating group) is 1. The van der Waals surface area contributed by atoms with Gasteiger partial charge in [0.15, 0.2) is 0 Å². The summed E-state index contributed by atoms with van der Waals surface area (Å²) >= 11 is 12.2. The standard InChI is InChI=1S/C24H34Cl2N8O/c1-27-22-29-23(31-24(30-22)34-12-10-32(2)11-13-34)33(3)19-8-5-16(6-9-19)21(35)28-15-17-4-7-18(25)14-20(17)26/h4,7,14,16,19H,5-6,8-13,15H2,1-3H3,(H,28,35)(H,27,29,30,31). The highest BCUT2D eigenvalue weighted by atomic mass is 35.5. The second-order valence-electron chi connectivity index (χ2n) is 9.37. The molecular formula is C24H34Cl2N8O. The molecule has 190 valence electrons. The van der Waals surface area contributed by atoms with Gasteiger partial charge < -0.3 is 25.3 Å². The van der Waals surface area contributed by atoms with Crippen LogP contribution in [0.2, 0.25) is 10.0 Å². The number of nitrogens with zero attached hydrogens (tertiary/aromatic N) is 6. The van der Waals surface area contributed by atoms with Crippen molar-refractivity contribution in [1.82, 2.24) is 25.2 Å². The molecule has 2 N–H and O–H groups in total. The molecule has 1 saturated heterocycles. The molecule has 1 saturated carbocycles. The van der Waals surface area contributed by atoms with E-state index in [9.17, 15) is 4.79 Å². The smallest absolute Gasteiger partial charge is 0.232 e. The summed E-state index contributed by atoms with van der Waals surface area (Å²) in [6.45, 7) is 4.17. The fourth-order valence-corrected chi connectivity index (χ4v) is 5.13. The molecule has 4 rings (SSSR count). The van der Waals surface area contributed by atoms with Crippen LogP contribution >= 0.6 is 23.2 Å². The van der Waals surface area contributed by atoms with Gasteiger partial charge in [-0.25, -0.2) is 0 Å². The fourth-order valence-electron chi connectivity index (χ4n) is 4.65. The lowest BCUT2D eigenvalue weighted by atomic mass is 9.85. The normalized spacial score (nSPS) is 21.0. The summed E-state index contributed by atoms with van der Waals surface area (Å²) in [5.41, 5.74) is 0.865. The van der Waals surface area contributed by atoms with Gasteiger partial charge in [0.05, 0.1) is 0 Å². The van der Waals surface area contributed by atoms with Crippen molar-refractivity contribution >= 4 is 47.0 Å². The molecule has 2 aromatic rings. The number of nitrogens with one attached hydrogen (secondary N) is 2. The lowest BCUT2D eigenvalue weighted by Gasteiger charge is -2.35. The highest BCUT2D eigenvalue weighted by molar-refractivity contribution is 6.35. The SMILES string of the molecule is CNc1nc(N2CCN(C)CC2)nc(N(C)C2CCC(C(=O)NCc3ccc(Cl)cc3Cl)CC2)n1. The predicted molar refractivity (Wildman–Crippen MR) is 142 cm³/mol. The van der Waals surface area contributed by atoms with Gasteiger partial charge in [-0.1, -0.05) is 29.3 Å². The quantitative estimate of drug-likeness (QED) is 0.574. The molecule has 2 heterocycles. The van der Waals surface area contributed by atoms with Gasteiger partial charge >= 0.3 is 0 Å². The lowest BCUT2D eigenvalue weighted by Crippen LogP contribution is -2.45. The van der Waals surface area contributed by atoms with Crippen LogP contribution in [0.5, 0.6) is 0 Å². The molecule has 1 aliphatic carbocycles. The molecule has 11 heteroatoms. The van der Waals surface area contributed by atoms with Crippen molar-refractivity contribution < 1.29 is 4.79 Å². The Kier molecular flexibility index (Phi) is 8.51. The first kappa shape index (κ1) is 25.7. The van der Waals surface area contributed by atoms with Crippen LogP contribution < -0.4 is 20.4 Å². The maximum Gasteiger partial charge on any atom is 0.232 e. The van der Waals surface area contributed by atoms with Crippen LogP contribution in [0.3, 0.4) is 0 Å². The monoisotopic (exact) mass is 520 g/mol. The van der Waals surface area contributed by atoms with Gasteiger partial charge in [-0.05, 0) is 50.4 Å². The molecule has 0 atom stereocenters. The Morgan fingerprint density at radius 3 is 2.46 bits per heavy atom. The Balaban J connectivity index is 1.34. The number of hydrogen-bond acceptors (Lipinski definition) is 8. The van der Waals surface area contributed by atoms with Crippen LogP contribution in [0.25, 0.3) is 0 Å². The number of halogens is 2. The molecule has 0 spiro atoms. The minimum atomic E-state index is -0.00199. The Hall–Kier alpha value is -2.36. The first-order chi connectivity index (χ1) is 16.8. The second-order valence-corrected chi connectivity index (χ2v) is 10.2. The molecule has 1 aliphatic heterocycles. The van der Waals surface area contributed by atoms with Crippen molar-refractivity contribution in [3.05, 3.63) is 33.8 Å². The summed E-state index contributed by atoms with van der Waals surface area (Å²) in [4.78, 5) is 33.5. The van der Waals surface area contributed by atoms with E-state index in [-0.39, 0.29) is 17.9 Å². The van der Waals surface area contributed by atoms with Crippen molar-refractivity contribution in [2.75, 3.05) is 62.4 Å². The Bertz CT molecular complexity index is 1020. The van der Waals surface area contributed by atoms with Crippen molar-refractivity contribution in [2.24, 2.45) is 5.92 Å². The molecule has 0 unspecified atom stereocenters. The van der Waals surface area contributed by atoms with E-state index in [4.69, 9.17) is 28.2 Å². The number of carbonyl (C=O) groups excluding carboxylic acids is 1. The van der Waals surface area contributed by atoms with E-state index < -0.39 is 0 Å². The zero-order valence-corrected chi connectivity index (χ0v) is 22.1. The first-order valence-corrected chi connectivity index (χ1v) is 12.9. The molecule has 1 aromatic carbocycles. The summed E-state index contributed by atoms with van der Waals surface area (Å²) < 4.78 is 0. The van der Waals surface area contributed by atoms with Gasteiger partial charge in [0.25, 0.3) is 0 Å². The summed E-state index contributed by atoms with van der Waals surface area (Å²) in [5.74, 6) is 2.03. The number of anilines is 3. The third-order valence-corrected chi connectivity index (χ3v) is 7.61. The number of piperazine rings is 1. The minimum Gasteiger partial charge on any atom is -0.357 e. The molecule has 0 bridgehead atoms. The van der Waals surface area contributed by atoms with E-state index in [2.05, 4.69) is 42.3 Å². The summed E-state index contributed by atoms with van der Waals surface area (Å²) in [6, 6.07) is 5.60. The van der Waals surface area contributed by atoms with Gasteiger partial charge in [0.2, 0.25) is 23.8 Å². The fraction of sp³-hybridized carbons (Fsp3) is 0.583. The zero-order valence-electron chi connectivity index (χ0n) is 20.6. The second kappa shape index (κ2) is 11.6. The Morgan fingerprint density at radius 1 is 1.09 bits per heavy atom. The number of aromatic nitrogens is 3. The Morgan fingerprint density at radius 2 is 1.80 bits per heavy atom. The van der Waals surface area contributed by atoms with E-state index in [0.717, 1.165) is 57.4 Å². The number of benzene rings is 1. The summed E-state index contributed by atoms with van der Waals surface area (Å²) in [5, 5.41) is 7.26. The molecule has 2 fully saturated rings. The van der Waals surface area contributed by atoms with Crippen LogP contribution in [-0.2, 0) is 11.3 Å². The van der Waals surface area contributed by atoms with Gasteiger partial charge in [-0.3, -0.25) is 4.79 Å². The van der Waals surface area contributed by atoms with Crippen molar-refractivity contribution in [2.45, 2.75) is 38.3 Å². The first-order valence-electron chi connectivity index (χ1n) is 12.2. The maximum atomic E-state index is 12.8. The minimum absolute atomic E-state index is 0.00199. The van der Waals surface area contributed by atoms with E-state index in [0.29, 0.717) is 34.4 Å². The van der Waals surface area contributed by atoms with Gasteiger partial charge in [-0.2, -0.15) is 15.0 Å². The lowest BCUT2D eigenvalue weighted by molar-refractivity contribution is -0.126. The van der Waals surface area contributed by atoms with E-state index in [1.807, 2.05) is 20.2 Å². The maximum absolute atomic E-state index is 12.8. The van der Waals surface area contributed by atoms with Crippen molar-refractivity contribution in [3.63, 3.8) is 0 Å². The third kappa shape index (κ3) is 6.45. The van der Waals surface area contributed by atoms with Crippen LogP contribution in [0.1, 0.15) is 31.2 Å². The summed E-state index contributed by atoms with van der Waals surface area (Å²) in [6.07, 6.45) is 3.45. The van der Waals surface area contributed by atoms with Crippen molar-refractivity contribution in [1.29, 1.82) is 0 Å². The van der Waals surface area contributed by atoms with Crippen LogP contribution in [0.15, 0.2) is 18.2 Å². The van der Waals surface area contributed by atoms with E-state index >= 15 is 0 Å². The predicted octanol–water partition coefficient (Wildman–Crippen LogP) is 3.28. The van der Waals surface area contributed by atoms with Gasteiger partial charge in [-0.15, -0.1) is 0 Å². The average molecular weight is 521 g/mol. The van der Waals surface area contributed by atoms with Crippen LogP contribution in [-0.4, -0.2) is 79.1 Å². The highest BCUT2D eigenvalue weighted by Crippen LogP contribution is 2.30.